The lowest BCUT2D eigenvalue weighted by atomic mass is 9.92. The van der Waals surface area contributed by atoms with Crippen molar-refractivity contribution in [3.05, 3.63) is 29.3 Å². The summed E-state index contributed by atoms with van der Waals surface area (Å²) in [6, 6.07) is 6.46. The summed E-state index contributed by atoms with van der Waals surface area (Å²) in [7, 11) is 0. The summed E-state index contributed by atoms with van der Waals surface area (Å²) in [6.07, 6.45) is 4.99. The Bertz CT molecular complexity index is 759. The maximum Gasteiger partial charge on any atom is 0.251 e. The highest BCUT2D eigenvalue weighted by molar-refractivity contribution is 6.30. The first kappa shape index (κ1) is 19.4. The molecule has 150 valence electrons. The van der Waals surface area contributed by atoms with Gasteiger partial charge >= 0.3 is 0 Å². The Morgan fingerprint density at radius 2 is 1.68 bits per heavy atom. The third-order valence-electron chi connectivity index (χ3n) is 6.28. The maximum atomic E-state index is 12.9. The summed E-state index contributed by atoms with van der Waals surface area (Å²) in [5.41, 5.74) is 0.590. The molecule has 6 nitrogen and oxygen atoms in total. The summed E-state index contributed by atoms with van der Waals surface area (Å²) >= 11 is 5.91. The van der Waals surface area contributed by atoms with E-state index in [0.29, 0.717) is 23.0 Å². The van der Waals surface area contributed by atoms with Crippen LogP contribution in [-0.2, 0) is 14.4 Å². The number of hydrogen-bond acceptors (Lipinski definition) is 4. The second-order valence-electron chi connectivity index (χ2n) is 8.02. The van der Waals surface area contributed by atoms with Gasteiger partial charge in [-0.2, -0.15) is 0 Å². The first-order chi connectivity index (χ1) is 13.5. The van der Waals surface area contributed by atoms with Gasteiger partial charge in [-0.1, -0.05) is 11.6 Å². The number of anilines is 1. The molecule has 0 aromatic heterocycles. The number of halogens is 1. The van der Waals surface area contributed by atoms with Crippen LogP contribution in [0.4, 0.5) is 5.69 Å². The van der Waals surface area contributed by atoms with Crippen molar-refractivity contribution in [2.45, 2.75) is 44.6 Å². The Balaban J connectivity index is 1.31. The van der Waals surface area contributed by atoms with E-state index >= 15 is 0 Å². The van der Waals surface area contributed by atoms with Gasteiger partial charge in [-0.25, -0.2) is 4.90 Å². The largest absolute Gasteiger partial charge is 0.343 e. The Labute approximate surface area is 170 Å². The molecule has 3 amide bonds. The predicted octanol–water partition coefficient (Wildman–Crippen LogP) is 2.70. The second kappa shape index (κ2) is 8.21. The van der Waals surface area contributed by atoms with Crippen LogP contribution in [0.25, 0.3) is 0 Å². The van der Waals surface area contributed by atoms with Crippen molar-refractivity contribution in [3.63, 3.8) is 0 Å². The standard InChI is InChI=1S/C21H26ClN3O3/c22-16-3-5-17(6-4-16)25-20(27)14-18(21(25)28)23-11-7-15(8-12-23)9-13-24-10-1-2-19(24)26/h3-6,15,18H,1-2,7-14H2/t18-/m1/s1. The second-order valence-corrected chi connectivity index (χ2v) is 8.45. The molecule has 1 aromatic carbocycles. The fourth-order valence-electron chi connectivity index (χ4n) is 4.59. The minimum absolute atomic E-state index is 0.131. The third kappa shape index (κ3) is 3.94. The van der Waals surface area contributed by atoms with E-state index < -0.39 is 0 Å². The molecule has 0 bridgehead atoms. The Morgan fingerprint density at radius 1 is 0.964 bits per heavy atom. The van der Waals surface area contributed by atoms with Crippen LogP contribution in [0, 0.1) is 5.92 Å². The third-order valence-corrected chi connectivity index (χ3v) is 6.53. The number of carbonyl (C=O) groups is 3. The number of carbonyl (C=O) groups excluding carboxylic acids is 3. The Kier molecular flexibility index (Phi) is 5.69. The molecule has 3 saturated heterocycles. The SMILES string of the molecule is O=C1CCCN1CCC1CCN([C@@H]2CC(=O)N(c3ccc(Cl)cc3)C2=O)CC1. The molecule has 3 heterocycles. The lowest BCUT2D eigenvalue weighted by Gasteiger charge is -2.35. The van der Waals surface area contributed by atoms with Crippen LogP contribution in [0.3, 0.4) is 0 Å². The van der Waals surface area contributed by atoms with E-state index in [1.165, 1.54) is 4.90 Å². The van der Waals surface area contributed by atoms with E-state index in [-0.39, 0.29) is 30.2 Å². The van der Waals surface area contributed by atoms with Crippen molar-refractivity contribution in [2.24, 2.45) is 5.92 Å². The molecule has 0 radical (unpaired) electrons. The molecule has 0 aliphatic carbocycles. The van der Waals surface area contributed by atoms with Crippen molar-refractivity contribution in [1.82, 2.24) is 9.80 Å². The van der Waals surface area contributed by atoms with Crippen molar-refractivity contribution >= 4 is 35.0 Å². The quantitative estimate of drug-likeness (QED) is 0.709. The first-order valence-electron chi connectivity index (χ1n) is 10.2. The number of rotatable bonds is 5. The minimum atomic E-state index is -0.357. The zero-order valence-electron chi connectivity index (χ0n) is 16.0. The lowest BCUT2D eigenvalue weighted by Crippen LogP contribution is -2.46. The highest BCUT2D eigenvalue weighted by atomic mass is 35.5. The molecule has 3 aliphatic rings. The molecule has 0 unspecified atom stereocenters. The monoisotopic (exact) mass is 403 g/mol. The zero-order valence-corrected chi connectivity index (χ0v) is 16.7. The van der Waals surface area contributed by atoms with Crippen LogP contribution < -0.4 is 4.90 Å². The van der Waals surface area contributed by atoms with Gasteiger partial charge in [-0.15, -0.1) is 0 Å². The number of likely N-dealkylation sites (tertiary alicyclic amines) is 2. The summed E-state index contributed by atoms with van der Waals surface area (Å²) < 4.78 is 0. The summed E-state index contributed by atoms with van der Waals surface area (Å²) in [6.45, 7) is 3.42. The van der Waals surface area contributed by atoms with Crippen LogP contribution in [0.1, 0.15) is 38.5 Å². The van der Waals surface area contributed by atoms with Gasteiger partial charge < -0.3 is 4.90 Å². The van der Waals surface area contributed by atoms with Gasteiger partial charge in [0.15, 0.2) is 0 Å². The normalized spacial score (nSPS) is 24.6. The average molecular weight is 404 g/mol. The number of piperidine rings is 1. The highest BCUT2D eigenvalue weighted by Gasteiger charge is 2.43. The van der Waals surface area contributed by atoms with Crippen LogP contribution >= 0.6 is 11.6 Å². The zero-order chi connectivity index (χ0) is 19.7. The van der Waals surface area contributed by atoms with E-state index in [2.05, 4.69) is 4.90 Å². The number of imide groups is 1. The maximum absolute atomic E-state index is 12.9. The van der Waals surface area contributed by atoms with Crippen LogP contribution in [0.2, 0.25) is 5.02 Å². The molecular weight excluding hydrogens is 378 g/mol. The molecule has 0 spiro atoms. The van der Waals surface area contributed by atoms with Gasteiger partial charge in [0.05, 0.1) is 18.2 Å². The van der Waals surface area contributed by atoms with Gasteiger partial charge in [-0.3, -0.25) is 19.3 Å². The topological polar surface area (TPSA) is 60.9 Å². The average Bonchev–Trinajstić information content (AvgIpc) is 3.24. The summed E-state index contributed by atoms with van der Waals surface area (Å²) in [4.78, 5) is 42.6. The molecule has 0 saturated carbocycles. The van der Waals surface area contributed by atoms with Crippen molar-refractivity contribution in [2.75, 3.05) is 31.1 Å². The molecule has 28 heavy (non-hydrogen) atoms. The van der Waals surface area contributed by atoms with Gasteiger partial charge in [0.2, 0.25) is 11.8 Å². The fourth-order valence-corrected chi connectivity index (χ4v) is 4.72. The Morgan fingerprint density at radius 3 is 2.32 bits per heavy atom. The molecule has 0 N–H and O–H groups in total. The summed E-state index contributed by atoms with van der Waals surface area (Å²) in [5, 5.41) is 0.581. The molecule has 3 aliphatic heterocycles. The summed E-state index contributed by atoms with van der Waals surface area (Å²) in [5.74, 6) is 0.597. The molecule has 4 rings (SSSR count). The van der Waals surface area contributed by atoms with Crippen molar-refractivity contribution in [3.8, 4) is 0 Å². The minimum Gasteiger partial charge on any atom is -0.343 e. The number of nitrogens with zero attached hydrogens (tertiary/aromatic N) is 3. The van der Waals surface area contributed by atoms with E-state index in [9.17, 15) is 14.4 Å². The predicted molar refractivity (Wildman–Crippen MR) is 107 cm³/mol. The van der Waals surface area contributed by atoms with Crippen molar-refractivity contribution < 1.29 is 14.4 Å². The lowest BCUT2D eigenvalue weighted by molar-refractivity contribution is -0.128. The van der Waals surface area contributed by atoms with Crippen LogP contribution in [0.15, 0.2) is 24.3 Å². The number of amides is 3. The highest BCUT2D eigenvalue weighted by Crippen LogP contribution is 2.30. The van der Waals surface area contributed by atoms with Crippen LogP contribution in [0.5, 0.6) is 0 Å². The van der Waals surface area contributed by atoms with Gasteiger partial charge in [0.25, 0.3) is 5.91 Å². The first-order valence-corrected chi connectivity index (χ1v) is 10.5. The van der Waals surface area contributed by atoms with E-state index in [1.54, 1.807) is 24.3 Å². The smallest absolute Gasteiger partial charge is 0.251 e. The van der Waals surface area contributed by atoms with E-state index in [0.717, 1.165) is 51.9 Å². The van der Waals surface area contributed by atoms with E-state index in [1.807, 2.05) is 4.90 Å². The fraction of sp³-hybridized carbons (Fsp3) is 0.571. The molecule has 1 aromatic rings. The number of benzene rings is 1. The number of hydrogen-bond donors (Lipinski definition) is 0. The van der Waals surface area contributed by atoms with Gasteiger partial charge in [-0.05, 0) is 69.0 Å². The van der Waals surface area contributed by atoms with E-state index in [4.69, 9.17) is 11.6 Å². The Hall–Kier alpha value is -1.92. The van der Waals surface area contributed by atoms with Gasteiger partial charge in [0, 0.05) is 24.5 Å². The molecule has 3 fully saturated rings. The molecule has 1 atom stereocenters. The van der Waals surface area contributed by atoms with Crippen molar-refractivity contribution in [1.29, 1.82) is 0 Å². The van der Waals surface area contributed by atoms with Gasteiger partial charge in [0.1, 0.15) is 0 Å². The molecule has 7 heteroatoms. The van der Waals surface area contributed by atoms with Crippen LogP contribution in [-0.4, -0.2) is 59.7 Å². The molecular formula is C21H26ClN3O3.